The molecule has 0 spiro atoms. The number of amides is 1. The van der Waals surface area contributed by atoms with Gasteiger partial charge in [-0.25, -0.2) is 0 Å². The van der Waals surface area contributed by atoms with Crippen LogP contribution >= 0.6 is 12.6 Å². The largest absolute Gasteiger partial charge is 0.496 e. The first-order valence-electron chi connectivity index (χ1n) is 5.06. The predicted molar refractivity (Wildman–Crippen MR) is 69.7 cm³/mol. The third-order valence-electron chi connectivity index (χ3n) is 2.65. The van der Waals surface area contributed by atoms with Gasteiger partial charge in [0.1, 0.15) is 5.75 Å². The van der Waals surface area contributed by atoms with Crippen molar-refractivity contribution in [2.45, 2.75) is 20.8 Å². The summed E-state index contributed by atoms with van der Waals surface area (Å²) in [6.07, 6.45) is 0. The van der Waals surface area contributed by atoms with E-state index < -0.39 is 0 Å². The Morgan fingerprint density at radius 1 is 1.38 bits per heavy atom. The van der Waals surface area contributed by atoms with Gasteiger partial charge in [0.25, 0.3) is 0 Å². The van der Waals surface area contributed by atoms with Crippen molar-refractivity contribution in [3.63, 3.8) is 0 Å². The highest BCUT2D eigenvalue weighted by molar-refractivity contribution is 7.81. The van der Waals surface area contributed by atoms with E-state index in [1.54, 1.807) is 7.11 Å². The molecule has 1 aromatic carbocycles. The van der Waals surface area contributed by atoms with Crippen LogP contribution in [0.4, 0.5) is 5.69 Å². The Labute approximate surface area is 102 Å². The minimum absolute atomic E-state index is 0.101. The van der Waals surface area contributed by atoms with Crippen LogP contribution in [0.5, 0.6) is 5.75 Å². The molecular weight excluding hydrogens is 222 g/mol. The van der Waals surface area contributed by atoms with E-state index >= 15 is 0 Å². The van der Waals surface area contributed by atoms with Gasteiger partial charge in [-0.05, 0) is 43.5 Å². The number of carbonyl (C=O) groups is 1. The zero-order valence-corrected chi connectivity index (χ0v) is 10.9. The molecule has 0 saturated carbocycles. The normalized spacial score (nSPS) is 10.1. The molecular formula is C12H17NO2S. The summed E-state index contributed by atoms with van der Waals surface area (Å²) in [7, 11) is 1.65. The number of anilines is 1. The number of ether oxygens (including phenoxy) is 1. The van der Waals surface area contributed by atoms with Gasteiger partial charge in [-0.1, -0.05) is 0 Å². The Morgan fingerprint density at radius 2 is 2.00 bits per heavy atom. The van der Waals surface area contributed by atoms with Gasteiger partial charge < -0.3 is 10.1 Å². The monoisotopic (exact) mass is 239 g/mol. The standard InChI is InChI=1S/C12H17NO2S/c1-7-5-10(13-11(14)6-16)8(2)9(3)12(7)15-4/h5,16H,6H2,1-4H3,(H,13,14). The molecule has 0 unspecified atom stereocenters. The average molecular weight is 239 g/mol. The zero-order chi connectivity index (χ0) is 12.3. The summed E-state index contributed by atoms with van der Waals surface area (Å²) < 4.78 is 5.32. The smallest absolute Gasteiger partial charge is 0.234 e. The maximum absolute atomic E-state index is 11.3. The van der Waals surface area contributed by atoms with E-state index in [1.807, 2.05) is 26.8 Å². The van der Waals surface area contributed by atoms with Crippen molar-refractivity contribution >= 4 is 24.2 Å². The summed E-state index contributed by atoms with van der Waals surface area (Å²) in [5.74, 6) is 0.959. The maximum atomic E-state index is 11.3. The molecule has 0 heterocycles. The number of thiol groups is 1. The zero-order valence-electron chi connectivity index (χ0n) is 10.0. The fraction of sp³-hybridized carbons (Fsp3) is 0.417. The van der Waals surface area contributed by atoms with Crippen LogP contribution in [0, 0.1) is 20.8 Å². The summed E-state index contributed by atoms with van der Waals surface area (Å²) in [5, 5.41) is 2.82. The molecule has 0 fully saturated rings. The minimum Gasteiger partial charge on any atom is -0.496 e. The molecule has 0 radical (unpaired) electrons. The van der Waals surface area contributed by atoms with Gasteiger partial charge in [0.2, 0.25) is 5.91 Å². The summed E-state index contributed by atoms with van der Waals surface area (Å²) >= 11 is 3.93. The molecule has 0 aliphatic rings. The Morgan fingerprint density at radius 3 is 2.50 bits per heavy atom. The number of hydrogen-bond donors (Lipinski definition) is 2. The molecule has 0 saturated heterocycles. The molecule has 1 aromatic rings. The fourth-order valence-electron chi connectivity index (χ4n) is 1.69. The van der Waals surface area contributed by atoms with Gasteiger partial charge in [0.05, 0.1) is 12.9 Å². The average Bonchev–Trinajstić information content (AvgIpc) is 2.26. The van der Waals surface area contributed by atoms with Crippen molar-refractivity contribution in [1.82, 2.24) is 0 Å². The lowest BCUT2D eigenvalue weighted by Gasteiger charge is -2.15. The molecule has 3 nitrogen and oxygen atoms in total. The van der Waals surface area contributed by atoms with Crippen LogP contribution in [0.3, 0.4) is 0 Å². The Balaban J connectivity index is 3.18. The van der Waals surface area contributed by atoms with Gasteiger partial charge in [-0.3, -0.25) is 4.79 Å². The van der Waals surface area contributed by atoms with Gasteiger partial charge in [0, 0.05) is 5.69 Å². The summed E-state index contributed by atoms with van der Waals surface area (Å²) in [4.78, 5) is 11.3. The molecule has 1 N–H and O–H groups in total. The summed E-state index contributed by atoms with van der Waals surface area (Å²) in [5.41, 5.74) is 3.92. The quantitative estimate of drug-likeness (QED) is 0.795. The lowest BCUT2D eigenvalue weighted by atomic mass is 10.0. The van der Waals surface area contributed by atoms with E-state index in [2.05, 4.69) is 17.9 Å². The van der Waals surface area contributed by atoms with Crippen molar-refractivity contribution in [2.24, 2.45) is 0 Å². The van der Waals surface area contributed by atoms with Crippen LogP contribution in [0.15, 0.2) is 6.07 Å². The van der Waals surface area contributed by atoms with E-state index in [0.717, 1.165) is 28.1 Å². The first kappa shape index (κ1) is 12.9. The number of carbonyl (C=O) groups excluding carboxylic acids is 1. The Hall–Kier alpha value is -1.16. The van der Waals surface area contributed by atoms with Crippen LogP contribution in [0.2, 0.25) is 0 Å². The van der Waals surface area contributed by atoms with E-state index in [1.165, 1.54) is 0 Å². The van der Waals surface area contributed by atoms with Crippen molar-refractivity contribution in [2.75, 3.05) is 18.2 Å². The Bertz CT molecular complexity index is 416. The van der Waals surface area contributed by atoms with E-state index in [9.17, 15) is 4.79 Å². The van der Waals surface area contributed by atoms with Crippen LogP contribution < -0.4 is 10.1 Å². The van der Waals surface area contributed by atoms with Gasteiger partial charge in [-0.2, -0.15) is 12.6 Å². The first-order chi connectivity index (χ1) is 7.51. The molecule has 4 heteroatoms. The third-order valence-corrected chi connectivity index (χ3v) is 2.94. The minimum atomic E-state index is -0.101. The highest BCUT2D eigenvalue weighted by Crippen LogP contribution is 2.31. The topological polar surface area (TPSA) is 38.3 Å². The molecule has 0 aromatic heterocycles. The Kier molecular flexibility index (Phi) is 4.24. The number of nitrogens with one attached hydrogen (secondary N) is 1. The second-order valence-corrected chi connectivity index (χ2v) is 4.05. The summed E-state index contributed by atoms with van der Waals surface area (Å²) in [6, 6.07) is 1.92. The number of methoxy groups -OCH3 is 1. The van der Waals surface area contributed by atoms with E-state index in [0.29, 0.717) is 0 Å². The van der Waals surface area contributed by atoms with Crippen LogP contribution in [0.25, 0.3) is 0 Å². The SMILES string of the molecule is COc1c(C)cc(NC(=O)CS)c(C)c1C. The molecule has 88 valence electrons. The summed E-state index contributed by atoms with van der Waals surface area (Å²) in [6.45, 7) is 5.91. The second kappa shape index (κ2) is 5.25. The van der Waals surface area contributed by atoms with Crippen LogP contribution in [-0.4, -0.2) is 18.8 Å². The van der Waals surface area contributed by atoms with Crippen LogP contribution in [-0.2, 0) is 4.79 Å². The highest BCUT2D eigenvalue weighted by atomic mass is 32.1. The molecule has 1 amide bonds. The second-order valence-electron chi connectivity index (χ2n) is 3.73. The molecule has 0 aliphatic heterocycles. The number of rotatable bonds is 3. The van der Waals surface area contributed by atoms with Gasteiger partial charge >= 0.3 is 0 Å². The lowest BCUT2D eigenvalue weighted by molar-refractivity contribution is -0.113. The lowest BCUT2D eigenvalue weighted by Crippen LogP contribution is -2.14. The molecule has 0 bridgehead atoms. The van der Waals surface area contributed by atoms with Crippen LogP contribution in [0.1, 0.15) is 16.7 Å². The van der Waals surface area contributed by atoms with Crippen molar-refractivity contribution < 1.29 is 9.53 Å². The molecule has 16 heavy (non-hydrogen) atoms. The van der Waals surface area contributed by atoms with Crippen molar-refractivity contribution in [3.8, 4) is 5.75 Å². The number of hydrogen-bond acceptors (Lipinski definition) is 3. The predicted octanol–water partition coefficient (Wildman–Crippen LogP) is 2.49. The van der Waals surface area contributed by atoms with Crippen molar-refractivity contribution in [1.29, 1.82) is 0 Å². The third kappa shape index (κ3) is 2.50. The molecule has 0 atom stereocenters. The molecule has 0 aliphatic carbocycles. The molecule has 1 rings (SSSR count). The first-order valence-corrected chi connectivity index (χ1v) is 5.70. The fourth-order valence-corrected chi connectivity index (χ4v) is 1.77. The van der Waals surface area contributed by atoms with Gasteiger partial charge in [0.15, 0.2) is 0 Å². The number of aryl methyl sites for hydroxylation is 1. The highest BCUT2D eigenvalue weighted by Gasteiger charge is 2.11. The van der Waals surface area contributed by atoms with E-state index in [4.69, 9.17) is 4.74 Å². The van der Waals surface area contributed by atoms with Crippen molar-refractivity contribution in [3.05, 3.63) is 22.8 Å². The maximum Gasteiger partial charge on any atom is 0.234 e. The van der Waals surface area contributed by atoms with Gasteiger partial charge in [-0.15, -0.1) is 0 Å². The number of benzene rings is 1. The van der Waals surface area contributed by atoms with E-state index in [-0.39, 0.29) is 11.7 Å².